The van der Waals surface area contributed by atoms with Crippen LogP contribution in [0.15, 0.2) is 56.5 Å². The number of amides is 2. The quantitative estimate of drug-likeness (QED) is 0.0436. The standard InChI is InChI=1S/C39H34INO5/c1-3-5-7-9-11-20(12-10-8-6-4-2)41-36(42)25-16-13-22-21-17-18-28(40)23-14-15-24-32(29(21)23)33-26(35-34(24)38(44)46-39(35)45)19-27(37(41)43)30(25)31(22)33/h13-20H,3-12H2,1-2H3. The van der Waals surface area contributed by atoms with Gasteiger partial charge < -0.3 is 4.42 Å². The minimum absolute atomic E-state index is 0.198. The van der Waals surface area contributed by atoms with Crippen molar-refractivity contribution in [3.05, 3.63) is 78.0 Å². The smallest absolute Gasteiger partial charge is 0.347 e. The van der Waals surface area contributed by atoms with Crippen molar-refractivity contribution in [2.24, 2.45) is 0 Å². The highest BCUT2D eigenvalue weighted by Gasteiger charge is 2.39. The van der Waals surface area contributed by atoms with Crippen LogP contribution >= 0.6 is 22.6 Å². The van der Waals surface area contributed by atoms with Crippen molar-refractivity contribution in [1.29, 1.82) is 0 Å². The summed E-state index contributed by atoms with van der Waals surface area (Å²) in [5.41, 5.74) is -0.415. The van der Waals surface area contributed by atoms with E-state index in [2.05, 4.69) is 48.6 Å². The molecular weight excluding hydrogens is 689 g/mol. The Bertz CT molecular complexity index is 2450. The lowest BCUT2D eigenvalue weighted by Crippen LogP contribution is -2.47. The van der Waals surface area contributed by atoms with Gasteiger partial charge in [-0.05, 0) is 102 Å². The Kier molecular flexibility index (Phi) is 7.16. The van der Waals surface area contributed by atoms with Gasteiger partial charge in [0, 0.05) is 26.1 Å². The highest BCUT2D eigenvalue weighted by Crippen LogP contribution is 2.50. The van der Waals surface area contributed by atoms with Gasteiger partial charge in [-0.15, -0.1) is 0 Å². The molecule has 6 aromatic carbocycles. The fourth-order valence-electron chi connectivity index (χ4n) is 8.28. The number of halogens is 1. The molecule has 46 heavy (non-hydrogen) atoms. The molecule has 0 radical (unpaired) electrons. The number of hydrogen-bond donors (Lipinski definition) is 0. The van der Waals surface area contributed by atoms with Gasteiger partial charge in [-0.1, -0.05) is 89.5 Å². The number of hydrogen-bond acceptors (Lipinski definition) is 5. The van der Waals surface area contributed by atoms with Crippen molar-refractivity contribution < 1.29 is 14.0 Å². The maximum atomic E-state index is 14.7. The van der Waals surface area contributed by atoms with E-state index in [0.29, 0.717) is 27.3 Å². The third-order valence-electron chi connectivity index (χ3n) is 10.4. The van der Waals surface area contributed by atoms with E-state index in [1.165, 1.54) is 4.90 Å². The number of carbonyl (C=O) groups excluding carboxylic acids is 2. The molecule has 0 fully saturated rings. The van der Waals surface area contributed by atoms with Gasteiger partial charge in [0.25, 0.3) is 11.8 Å². The summed E-state index contributed by atoms with van der Waals surface area (Å²) in [6, 6.07) is 13.5. The fraction of sp³-hybridized carbons (Fsp3) is 0.333. The van der Waals surface area contributed by atoms with Gasteiger partial charge in [0.15, 0.2) is 0 Å². The zero-order chi connectivity index (χ0) is 31.9. The van der Waals surface area contributed by atoms with E-state index >= 15 is 0 Å². The summed E-state index contributed by atoms with van der Waals surface area (Å²) in [6.45, 7) is 4.36. The number of carbonyl (C=O) groups is 2. The van der Waals surface area contributed by atoms with Crippen LogP contribution in [-0.4, -0.2) is 22.8 Å². The summed E-state index contributed by atoms with van der Waals surface area (Å²) in [4.78, 5) is 57.2. The summed E-state index contributed by atoms with van der Waals surface area (Å²) >= 11 is 2.33. The largest absolute Gasteiger partial charge is 0.386 e. The number of unbranched alkanes of at least 4 members (excludes halogenated alkanes) is 6. The molecule has 0 unspecified atom stereocenters. The first-order valence-electron chi connectivity index (χ1n) is 16.7. The molecule has 0 N–H and O–H groups in total. The predicted octanol–water partition coefficient (Wildman–Crippen LogP) is 9.74. The lowest BCUT2D eigenvalue weighted by Gasteiger charge is -2.35. The van der Waals surface area contributed by atoms with E-state index in [4.69, 9.17) is 4.42 Å². The number of imide groups is 1. The Balaban J connectivity index is 1.44. The number of furan rings is 1. The Morgan fingerprint density at radius 1 is 0.565 bits per heavy atom. The first kappa shape index (κ1) is 29.5. The maximum absolute atomic E-state index is 14.7. The number of benzene rings is 6. The van der Waals surface area contributed by atoms with Gasteiger partial charge in [0.1, 0.15) is 0 Å². The lowest BCUT2D eigenvalue weighted by atomic mass is 9.80. The minimum atomic E-state index is -0.694. The summed E-state index contributed by atoms with van der Waals surface area (Å²) in [5.74, 6) is -0.552. The molecule has 1 aliphatic heterocycles. The first-order chi connectivity index (χ1) is 22.4. The molecule has 0 saturated heterocycles. The molecule has 0 aliphatic carbocycles. The molecule has 1 aliphatic rings. The van der Waals surface area contributed by atoms with Crippen LogP contribution < -0.4 is 11.3 Å². The highest BCUT2D eigenvalue weighted by atomic mass is 127. The van der Waals surface area contributed by atoms with Crippen molar-refractivity contribution in [2.45, 2.75) is 84.1 Å². The second-order valence-electron chi connectivity index (χ2n) is 13.0. The van der Waals surface area contributed by atoms with Crippen LogP contribution in [0.5, 0.6) is 0 Å². The third-order valence-corrected chi connectivity index (χ3v) is 11.3. The molecule has 7 aromatic rings. The monoisotopic (exact) mass is 723 g/mol. The Labute approximate surface area is 278 Å². The summed E-state index contributed by atoms with van der Waals surface area (Å²) < 4.78 is 6.30. The predicted molar refractivity (Wildman–Crippen MR) is 194 cm³/mol. The van der Waals surface area contributed by atoms with Crippen molar-refractivity contribution >= 4 is 99.0 Å². The molecule has 7 heteroatoms. The molecule has 0 saturated carbocycles. The van der Waals surface area contributed by atoms with Crippen LogP contribution in [0.2, 0.25) is 0 Å². The SMILES string of the molecule is CCCCCCC(CCCCCC)N1C(=O)c2ccc3c4ccc(I)c5ccc6c7c(=O)oc(=O)c7c7cc(c2c3c7c6c54)C1=O. The van der Waals surface area contributed by atoms with Crippen molar-refractivity contribution in [1.82, 2.24) is 4.90 Å². The molecule has 0 atom stereocenters. The van der Waals surface area contributed by atoms with Crippen LogP contribution in [0.25, 0.3) is 64.6 Å². The van der Waals surface area contributed by atoms with E-state index in [0.717, 1.165) is 105 Å². The normalized spacial score (nSPS) is 14.0. The summed E-state index contributed by atoms with van der Waals surface area (Å²) in [5, 5.41) is 8.77. The number of rotatable bonds is 11. The van der Waals surface area contributed by atoms with Gasteiger partial charge >= 0.3 is 11.3 Å². The van der Waals surface area contributed by atoms with Crippen LogP contribution in [0.3, 0.4) is 0 Å². The number of fused-ring (bicyclic) bond motifs is 4. The molecule has 8 rings (SSSR count). The molecule has 1 aromatic heterocycles. The van der Waals surface area contributed by atoms with Crippen LogP contribution in [0.4, 0.5) is 0 Å². The molecule has 2 heterocycles. The highest BCUT2D eigenvalue weighted by molar-refractivity contribution is 14.1. The number of nitrogens with zero attached hydrogens (tertiary/aromatic N) is 1. The Hall–Kier alpha value is -3.85. The molecule has 232 valence electrons. The zero-order valence-electron chi connectivity index (χ0n) is 26.1. The van der Waals surface area contributed by atoms with Gasteiger partial charge in [-0.2, -0.15) is 0 Å². The van der Waals surface area contributed by atoms with Crippen molar-refractivity contribution in [2.75, 3.05) is 0 Å². The van der Waals surface area contributed by atoms with Crippen LogP contribution in [0, 0.1) is 3.57 Å². The Morgan fingerprint density at radius 3 is 1.80 bits per heavy atom. The first-order valence-corrected chi connectivity index (χ1v) is 17.7. The Morgan fingerprint density at radius 2 is 1.11 bits per heavy atom. The molecule has 0 bridgehead atoms. The van der Waals surface area contributed by atoms with E-state index in [9.17, 15) is 19.2 Å². The minimum Gasteiger partial charge on any atom is -0.386 e. The van der Waals surface area contributed by atoms with Gasteiger partial charge in [0.05, 0.1) is 10.8 Å². The van der Waals surface area contributed by atoms with Gasteiger partial charge in [-0.3, -0.25) is 14.5 Å². The van der Waals surface area contributed by atoms with E-state index in [-0.39, 0.29) is 28.6 Å². The lowest BCUT2D eigenvalue weighted by molar-refractivity contribution is 0.0517. The van der Waals surface area contributed by atoms with E-state index < -0.39 is 11.3 Å². The topological polar surface area (TPSA) is 84.7 Å². The molecule has 2 amide bonds. The van der Waals surface area contributed by atoms with Crippen molar-refractivity contribution in [3.63, 3.8) is 0 Å². The van der Waals surface area contributed by atoms with Crippen LogP contribution in [-0.2, 0) is 0 Å². The second kappa shape index (κ2) is 11.1. The van der Waals surface area contributed by atoms with Crippen molar-refractivity contribution in [3.8, 4) is 0 Å². The maximum Gasteiger partial charge on any atom is 0.347 e. The fourth-order valence-corrected chi connectivity index (χ4v) is 8.91. The van der Waals surface area contributed by atoms with Gasteiger partial charge in [0.2, 0.25) is 0 Å². The average Bonchev–Trinajstić information content (AvgIpc) is 3.36. The zero-order valence-corrected chi connectivity index (χ0v) is 28.2. The van der Waals surface area contributed by atoms with E-state index in [1.54, 1.807) is 6.07 Å². The summed E-state index contributed by atoms with van der Waals surface area (Å²) in [7, 11) is 0. The van der Waals surface area contributed by atoms with Gasteiger partial charge in [-0.25, -0.2) is 9.59 Å². The second-order valence-corrected chi connectivity index (χ2v) is 14.2. The molecular formula is C39H34INO5. The molecule has 6 nitrogen and oxygen atoms in total. The van der Waals surface area contributed by atoms with Crippen LogP contribution in [0.1, 0.15) is 98.8 Å². The molecule has 0 spiro atoms. The summed E-state index contributed by atoms with van der Waals surface area (Å²) in [6.07, 6.45) is 10.1. The average molecular weight is 724 g/mol. The third kappa shape index (κ3) is 4.06. The van der Waals surface area contributed by atoms with E-state index in [1.807, 2.05) is 24.3 Å².